The molecule has 0 saturated heterocycles. The summed E-state index contributed by atoms with van der Waals surface area (Å²) in [6.07, 6.45) is -0.609. The topological polar surface area (TPSA) is 320 Å². The van der Waals surface area contributed by atoms with Crippen molar-refractivity contribution in [2.75, 3.05) is 39.5 Å². The lowest BCUT2D eigenvalue weighted by Gasteiger charge is -2.27. The zero-order chi connectivity index (χ0) is 44.6. The van der Waals surface area contributed by atoms with Crippen LogP contribution in [0.4, 0.5) is 0 Å². The molecule has 0 spiro atoms. The number of rotatable bonds is 28. The van der Waals surface area contributed by atoms with Gasteiger partial charge in [0, 0.05) is 25.8 Å². The fourth-order valence-electron chi connectivity index (χ4n) is 5.51. The monoisotopic (exact) mass is 842 g/mol. The number of amides is 7. The van der Waals surface area contributed by atoms with Crippen LogP contribution < -0.4 is 43.4 Å². The average Bonchev–Trinajstić information content (AvgIpc) is 3.21. The van der Waals surface area contributed by atoms with Crippen molar-refractivity contribution < 1.29 is 58.0 Å². The molecule has 6 atom stereocenters. The number of carboxylic acids is 1. The molecule has 0 aromatic heterocycles. The Hall–Kier alpha value is -6.12. The van der Waals surface area contributed by atoms with Gasteiger partial charge in [0.05, 0.1) is 26.4 Å². The van der Waals surface area contributed by atoms with E-state index in [-0.39, 0.29) is 44.3 Å². The standard InChI is InChI=1S/C40H58N8O12/c1-4-24(2)35(48-33(51)23-60-19-18-59-17-16-41)40(58)47-30(21-27-10-12-28(49)13-11-27)37(55)43-22-32(50)45-29(14-15-34(52)53)38(56)46-31(20-26-8-6-5-7-9-26)39(57)44-25(3)36(42)54/h5-13,24-25,29-31,35,49H,4,14-23,41H2,1-3H3,(H2,42,54)(H,43,55)(H,44,57)(H,45,50)(H,46,56)(H,47,58)(H,48,51)(H,52,53)/t24-,25-,29-,30-,31-,35-/m0/s1. The van der Waals surface area contributed by atoms with E-state index in [2.05, 4.69) is 31.9 Å². The second-order valence-electron chi connectivity index (χ2n) is 14.0. The van der Waals surface area contributed by atoms with Crippen LogP contribution in [0, 0.1) is 5.92 Å². The predicted molar refractivity (Wildman–Crippen MR) is 217 cm³/mol. The average molecular weight is 843 g/mol. The largest absolute Gasteiger partial charge is 0.508 e. The summed E-state index contributed by atoms with van der Waals surface area (Å²) in [4.78, 5) is 103. The van der Waals surface area contributed by atoms with Gasteiger partial charge in [0.25, 0.3) is 0 Å². The minimum absolute atomic E-state index is 0.0336. The van der Waals surface area contributed by atoms with Crippen LogP contribution in [0.3, 0.4) is 0 Å². The number of carbonyl (C=O) groups excluding carboxylic acids is 7. The number of aromatic hydroxyl groups is 1. The normalized spacial score (nSPS) is 13.9. The van der Waals surface area contributed by atoms with Gasteiger partial charge in [0.1, 0.15) is 42.6 Å². The molecular formula is C40H58N8O12. The molecule has 2 aromatic carbocycles. The van der Waals surface area contributed by atoms with Crippen LogP contribution in [-0.4, -0.2) is 127 Å². The minimum atomic E-state index is -1.49. The Morgan fingerprint density at radius 2 is 1.27 bits per heavy atom. The predicted octanol–water partition coefficient (Wildman–Crippen LogP) is -1.87. The van der Waals surface area contributed by atoms with Crippen molar-refractivity contribution in [3.63, 3.8) is 0 Å². The molecule has 0 heterocycles. The van der Waals surface area contributed by atoms with E-state index in [0.29, 0.717) is 30.7 Å². The summed E-state index contributed by atoms with van der Waals surface area (Å²) in [5.41, 5.74) is 11.8. The van der Waals surface area contributed by atoms with Crippen molar-refractivity contribution in [2.45, 2.75) is 83.1 Å². The number of nitrogens with two attached hydrogens (primary N) is 2. The van der Waals surface area contributed by atoms with Gasteiger partial charge in [-0.2, -0.15) is 0 Å². The highest BCUT2D eigenvalue weighted by Gasteiger charge is 2.32. The molecule has 0 unspecified atom stereocenters. The summed E-state index contributed by atoms with van der Waals surface area (Å²) in [7, 11) is 0. The number of primary amides is 1. The van der Waals surface area contributed by atoms with E-state index in [1.807, 2.05) is 6.92 Å². The first-order valence-corrected chi connectivity index (χ1v) is 19.5. The number of phenols is 1. The van der Waals surface area contributed by atoms with Crippen molar-refractivity contribution in [1.29, 1.82) is 0 Å². The highest BCUT2D eigenvalue weighted by atomic mass is 16.5. The second-order valence-corrected chi connectivity index (χ2v) is 14.0. The Labute approximate surface area is 348 Å². The van der Waals surface area contributed by atoms with Gasteiger partial charge in [-0.25, -0.2) is 0 Å². The minimum Gasteiger partial charge on any atom is -0.508 e. The molecular weight excluding hydrogens is 784 g/mol. The maximum absolute atomic E-state index is 13.7. The first kappa shape index (κ1) is 50.0. The van der Waals surface area contributed by atoms with Crippen LogP contribution in [0.2, 0.25) is 0 Å². The Morgan fingerprint density at radius 1 is 0.683 bits per heavy atom. The van der Waals surface area contributed by atoms with Gasteiger partial charge in [-0.05, 0) is 42.5 Å². The SMILES string of the molecule is CC[C@H](C)[C@H](NC(=O)COCCOCCN)C(=O)N[C@@H](Cc1ccc(O)cc1)C(=O)NCC(=O)N[C@@H](CCC(=O)O)C(=O)N[C@@H](Cc1ccccc1)C(=O)N[C@@H](C)C(N)=O. The fraction of sp³-hybridized carbons (Fsp3) is 0.500. The quantitative estimate of drug-likeness (QED) is 0.0421. The molecule has 0 radical (unpaired) electrons. The number of benzene rings is 2. The highest BCUT2D eigenvalue weighted by molar-refractivity contribution is 5.96. The van der Waals surface area contributed by atoms with Crippen LogP contribution in [0.5, 0.6) is 5.75 Å². The molecule has 0 saturated carbocycles. The van der Waals surface area contributed by atoms with Gasteiger partial charge in [-0.15, -0.1) is 0 Å². The van der Waals surface area contributed by atoms with E-state index in [9.17, 15) is 48.6 Å². The van der Waals surface area contributed by atoms with E-state index in [4.69, 9.17) is 20.9 Å². The Morgan fingerprint density at radius 3 is 1.87 bits per heavy atom. The lowest BCUT2D eigenvalue weighted by Crippen LogP contribution is -2.58. The number of ether oxygens (including phenoxy) is 2. The van der Waals surface area contributed by atoms with Crippen LogP contribution in [0.15, 0.2) is 54.6 Å². The second kappa shape index (κ2) is 26.8. The molecule has 12 N–H and O–H groups in total. The van der Waals surface area contributed by atoms with E-state index < -0.39 is 96.9 Å². The van der Waals surface area contributed by atoms with Gasteiger partial charge >= 0.3 is 5.97 Å². The molecule has 0 aliphatic rings. The first-order chi connectivity index (χ1) is 28.5. The Bertz CT molecular complexity index is 1730. The van der Waals surface area contributed by atoms with Gasteiger partial charge in [-0.3, -0.25) is 38.4 Å². The summed E-state index contributed by atoms with van der Waals surface area (Å²) in [6.45, 7) is 4.82. The van der Waals surface area contributed by atoms with Crippen molar-refractivity contribution in [3.05, 3.63) is 65.7 Å². The summed E-state index contributed by atoms with van der Waals surface area (Å²) >= 11 is 0. The van der Waals surface area contributed by atoms with Gasteiger partial charge in [0.2, 0.25) is 41.4 Å². The molecule has 0 bridgehead atoms. The highest BCUT2D eigenvalue weighted by Crippen LogP contribution is 2.13. The number of hydrogen-bond donors (Lipinski definition) is 10. The molecule has 20 heteroatoms. The Balaban J connectivity index is 2.22. The Kier molecular flexibility index (Phi) is 22.3. The summed E-state index contributed by atoms with van der Waals surface area (Å²) in [6, 6.07) is 8.18. The molecule has 330 valence electrons. The number of hydrogen-bond acceptors (Lipinski definition) is 12. The maximum atomic E-state index is 13.7. The van der Waals surface area contributed by atoms with E-state index in [0.717, 1.165) is 0 Å². The van der Waals surface area contributed by atoms with Gasteiger partial charge in [0.15, 0.2) is 0 Å². The lowest BCUT2D eigenvalue weighted by atomic mass is 9.97. The summed E-state index contributed by atoms with van der Waals surface area (Å²) in [5.74, 6) is -7.21. The van der Waals surface area contributed by atoms with Crippen LogP contribution >= 0.6 is 0 Å². The van der Waals surface area contributed by atoms with Crippen LogP contribution in [0.1, 0.15) is 51.2 Å². The van der Waals surface area contributed by atoms with Gasteiger partial charge in [-0.1, -0.05) is 62.7 Å². The van der Waals surface area contributed by atoms with Crippen LogP contribution in [-0.2, 0) is 60.7 Å². The number of nitrogens with one attached hydrogen (secondary N) is 6. The van der Waals surface area contributed by atoms with Crippen molar-refractivity contribution >= 4 is 47.3 Å². The van der Waals surface area contributed by atoms with Crippen molar-refractivity contribution in [3.8, 4) is 5.75 Å². The third-order valence-electron chi connectivity index (χ3n) is 9.11. The van der Waals surface area contributed by atoms with E-state index in [1.165, 1.54) is 31.2 Å². The maximum Gasteiger partial charge on any atom is 0.303 e. The zero-order valence-electron chi connectivity index (χ0n) is 34.1. The first-order valence-electron chi connectivity index (χ1n) is 19.5. The zero-order valence-corrected chi connectivity index (χ0v) is 34.1. The molecule has 60 heavy (non-hydrogen) atoms. The number of phenolic OH excluding ortho intramolecular Hbond substituents is 1. The van der Waals surface area contributed by atoms with E-state index >= 15 is 0 Å². The lowest BCUT2D eigenvalue weighted by molar-refractivity contribution is -0.138. The molecule has 0 fully saturated rings. The molecule has 7 amide bonds. The number of carbonyl (C=O) groups is 8. The summed E-state index contributed by atoms with van der Waals surface area (Å²) < 4.78 is 10.5. The number of carboxylic acid groups (broad SMARTS) is 1. The van der Waals surface area contributed by atoms with Crippen LogP contribution in [0.25, 0.3) is 0 Å². The smallest absolute Gasteiger partial charge is 0.303 e. The van der Waals surface area contributed by atoms with Crippen molar-refractivity contribution in [2.24, 2.45) is 17.4 Å². The fourth-order valence-corrected chi connectivity index (χ4v) is 5.51. The summed E-state index contributed by atoms with van der Waals surface area (Å²) in [5, 5.41) is 34.2. The molecule has 0 aliphatic heterocycles. The van der Waals surface area contributed by atoms with E-state index in [1.54, 1.807) is 37.3 Å². The molecule has 2 rings (SSSR count). The molecule has 20 nitrogen and oxygen atoms in total. The third-order valence-corrected chi connectivity index (χ3v) is 9.11. The van der Waals surface area contributed by atoms with Crippen molar-refractivity contribution in [1.82, 2.24) is 31.9 Å². The molecule has 2 aromatic rings. The third kappa shape index (κ3) is 19.1. The number of aliphatic carboxylic acids is 1. The van der Waals surface area contributed by atoms with Gasteiger partial charge < -0.3 is 63.1 Å². The molecule has 0 aliphatic carbocycles.